The maximum Gasteiger partial charge on any atom is 0.0398 e. The highest BCUT2D eigenvalue weighted by molar-refractivity contribution is 9.13. The van der Waals surface area contributed by atoms with Gasteiger partial charge < -0.3 is 0 Å². The molecule has 0 heterocycles. The van der Waals surface area contributed by atoms with Crippen molar-refractivity contribution in [2.75, 3.05) is 0 Å². The van der Waals surface area contributed by atoms with E-state index < -0.39 is 0 Å². The highest BCUT2D eigenvalue weighted by atomic mass is 79.9. The van der Waals surface area contributed by atoms with Crippen LogP contribution in [-0.4, -0.2) is 0 Å². The Kier molecular flexibility index (Phi) is 3.25. The van der Waals surface area contributed by atoms with E-state index in [1.807, 2.05) is 0 Å². The average molecular weight is 416 g/mol. The van der Waals surface area contributed by atoms with Crippen molar-refractivity contribution in [3.05, 3.63) is 79.7 Å². The Labute approximate surface area is 147 Å². The topological polar surface area (TPSA) is 0 Å². The summed E-state index contributed by atoms with van der Waals surface area (Å²) in [4.78, 5) is 0. The zero-order chi connectivity index (χ0) is 15.5. The molecule has 1 aliphatic rings. The van der Waals surface area contributed by atoms with Crippen LogP contribution in [0.3, 0.4) is 0 Å². The van der Waals surface area contributed by atoms with Gasteiger partial charge in [0.15, 0.2) is 0 Å². The molecule has 110 valence electrons. The molecule has 0 fully saturated rings. The maximum atomic E-state index is 3.79. The zero-order valence-electron chi connectivity index (χ0n) is 12.6. The van der Waals surface area contributed by atoms with Crippen LogP contribution in [0.2, 0.25) is 0 Å². The minimum atomic E-state index is 0.0418. The number of hydrogen-bond acceptors (Lipinski definition) is 0. The maximum absolute atomic E-state index is 3.79. The van der Waals surface area contributed by atoms with Crippen LogP contribution in [0, 0.1) is 0 Å². The predicted octanol–water partition coefficient (Wildman–Crippen LogP) is 6.59. The van der Waals surface area contributed by atoms with Gasteiger partial charge in [-0.1, -0.05) is 56.3 Å². The molecule has 0 aromatic heterocycles. The largest absolute Gasteiger partial charge is 0.0620 e. The van der Waals surface area contributed by atoms with Gasteiger partial charge in [-0.15, -0.1) is 0 Å². The monoisotopic (exact) mass is 414 g/mol. The van der Waals surface area contributed by atoms with Crippen molar-refractivity contribution in [3.63, 3.8) is 0 Å². The average Bonchev–Trinajstić information content (AvgIpc) is 2.50. The van der Waals surface area contributed by atoms with Gasteiger partial charge in [0.2, 0.25) is 0 Å². The fourth-order valence-electron chi connectivity index (χ4n) is 3.81. The molecule has 0 atom stereocenters. The first-order valence-corrected chi connectivity index (χ1v) is 9.07. The number of fused-ring (bicyclic) bond motifs is 4. The number of hydrogen-bond donors (Lipinski definition) is 0. The zero-order valence-corrected chi connectivity index (χ0v) is 15.8. The summed E-state index contributed by atoms with van der Waals surface area (Å²) in [6.45, 7) is 4.67. The summed E-state index contributed by atoms with van der Waals surface area (Å²) in [5.41, 5.74) is 5.83. The van der Waals surface area contributed by atoms with Crippen molar-refractivity contribution in [2.24, 2.45) is 0 Å². The second-order valence-corrected chi connectivity index (χ2v) is 8.16. The van der Waals surface area contributed by atoms with E-state index in [1.165, 1.54) is 33.0 Å². The van der Waals surface area contributed by atoms with E-state index in [1.54, 1.807) is 0 Å². The molecule has 0 bridgehead atoms. The first-order valence-electron chi connectivity index (χ1n) is 7.48. The van der Waals surface area contributed by atoms with Gasteiger partial charge in [-0.05, 0) is 72.0 Å². The van der Waals surface area contributed by atoms with Crippen molar-refractivity contribution >= 4 is 42.6 Å². The molecule has 0 nitrogen and oxygen atoms in total. The molecule has 4 rings (SSSR count). The molecule has 0 radical (unpaired) electrons. The second kappa shape index (κ2) is 4.94. The smallest absolute Gasteiger partial charge is 0.0398 e. The molecular weight excluding hydrogens is 400 g/mol. The first kappa shape index (κ1) is 14.5. The molecule has 0 unspecified atom stereocenters. The lowest BCUT2D eigenvalue weighted by Gasteiger charge is -2.36. The van der Waals surface area contributed by atoms with Crippen LogP contribution in [0.25, 0.3) is 10.8 Å². The van der Waals surface area contributed by atoms with Crippen LogP contribution >= 0.6 is 31.9 Å². The van der Waals surface area contributed by atoms with E-state index in [0.29, 0.717) is 0 Å². The normalized spacial score (nSPS) is 15.5. The molecule has 3 aromatic rings. The van der Waals surface area contributed by atoms with Crippen LogP contribution in [0.1, 0.15) is 36.1 Å². The second-order valence-electron chi connectivity index (χ2n) is 6.51. The standard InChI is InChI=1S/C20H16Br2/c1-20(2)15-6-4-3-5-13(15)11-14-16(20)9-7-12-8-10-17(21)19(22)18(12)14/h3-10H,11H2,1-2H3. The van der Waals surface area contributed by atoms with Gasteiger partial charge in [0, 0.05) is 19.7 Å². The molecule has 0 aliphatic heterocycles. The minimum Gasteiger partial charge on any atom is -0.0620 e. The van der Waals surface area contributed by atoms with E-state index in [-0.39, 0.29) is 5.41 Å². The number of benzene rings is 3. The van der Waals surface area contributed by atoms with Gasteiger partial charge >= 0.3 is 0 Å². The molecule has 22 heavy (non-hydrogen) atoms. The molecule has 1 aliphatic carbocycles. The SMILES string of the molecule is CC1(C)c2ccccc2Cc2c1ccc1ccc(Br)c(Br)c21. The summed E-state index contributed by atoms with van der Waals surface area (Å²) in [6.07, 6.45) is 1.00. The van der Waals surface area contributed by atoms with Crippen molar-refractivity contribution in [2.45, 2.75) is 25.7 Å². The lowest BCUT2D eigenvalue weighted by atomic mass is 9.68. The summed E-state index contributed by atoms with van der Waals surface area (Å²) in [5, 5.41) is 2.64. The van der Waals surface area contributed by atoms with Crippen LogP contribution in [-0.2, 0) is 11.8 Å². The van der Waals surface area contributed by atoms with Crippen LogP contribution < -0.4 is 0 Å². The third-order valence-electron chi connectivity index (χ3n) is 4.91. The fraction of sp³-hybridized carbons (Fsp3) is 0.200. The van der Waals surface area contributed by atoms with Gasteiger partial charge in [0.25, 0.3) is 0 Å². The molecule has 3 aromatic carbocycles. The van der Waals surface area contributed by atoms with Gasteiger partial charge in [-0.3, -0.25) is 0 Å². The Balaban J connectivity index is 2.12. The first-order chi connectivity index (χ1) is 10.5. The molecule has 0 amide bonds. The molecule has 0 spiro atoms. The van der Waals surface area contributed by atoms with E-state index >= 15 is 0 Å². The number of rotatable bonds is 0. The van der Waals surface area contributed by atoms with Crippen LogP contribution in [0.4, 0.5) is 0 Å². The van der Waals surface area contributed by atoms with Crippen LogP contribution in [0.5, 0.6) is 0 Å². The summed E-state index contributed by atoms with van der Waals surface area (Å²) in [6, 6.07) is 17.7. The van der Waals surface area contributed by atoms with Crippen molar-refractivity contribution < 1.29 is 0 Å². The van der Waals surface area contributed by atoms with Crippen LogP contribution in [0.15, 0.2) is 57.5 Å². The quantitative estimate of drug-likeness (QED) is 0.388. The highest BCUT2D eigenvalue weighted by Crippen LogP contribution is 2.45. The third-order valence-corrected chi connectivity index (χ3v) is 6.93. The molecule has 2 heteroatoms. The summed E-state index contributed by atoms with van der Waals surface area (Å²) in [7, 11) is 0. The summed E-state index contributed by atoms with van der Waals surface area (Å²) >= 11 is 7.45. The molecule has 0 saturated carbocycles. The van der Waals surface area contributed by atoms with Crippen molar-refractivity contribution in [3.8, 4) is 0 Å². The Morgan fingerprint density at radius 3 is 2.41 bits per heavy atom. The van der Waals surface area contributed by atoms with E-state index in [0.717, 1.165) is 15.4 Å². The van der Waals surface area contributed by atoms with Gasteiger partial charge in [-0.2, -0.15) is 0 Å². The lowest BCUT2D eigenvalue weighted by molar-refractivity contribution is 0.612. The van der Waals surface area contributed by atoms with Crippen molar-refractivity contribution in [1.82, 2.24) is 0 Å². The van der Waals surface area contributed by atoms with Gasteiger partial charge in [0.1, 0.15) is 0 Å². The molecular formula is C20H16Br2. The summed E-state index contributed by atoms with van der Waals surface area (Å²) in [5.74, 6) is 0. The fourth-order valence-corrected chi connectivity index (χ4v) is 4.74. The van der Waals surface area contributed by atoms with Crippen molar-refractivity contribution in [1.29, 1.82) is 0 Å². The highest BCUT2D eigenvalue weighted by Gasteiger charge is 2.33. The minimum absolute atomic E-state index is 0.0418. The predicted molar refractivity (Wildman–Crippen MR) is 101 cm³/mol. The molecule has 0 saturated heterocycles. The Hall–Kier alpha value is -1.12. The number of halogens is 2. The van der Waals surface area contributed by atoms with E-state index in [2.05, 4.69) is 94.2 Å². The van der Waals surface area contributed by atoms with Gasteiger partial charge in [0.05, 0.1) is 0 Å². The van der Waals surface area contributed by atoms with E-state index in [4.69, 9.17) is 0 Å². The summed E-state index contributed by atoms with van der Waals surface area (Å²) < 4.78 is 2.28. The Morgan fingerprint density at radius 1 is 0.864 bits per heavy atom. The van der Waals surface area contributed by atoms with E-state index in [9.17, 15) is 0 Å². The molecule has 0 N–H and O–H groups in total. The Morgan fingerprint density at radius 2 is 1.59 bits per heavy atom. The lowest BCUT2D eigenvalue weighted by Crippen LogP contribution is -2.27. The third kappa shape index (κ3) is 1.93. The van der Waals surface area contributed by atoms with Gasteiger partial charge in [-0.25, -0.2) is 0 Å². The Bertz CT molecular complexity index is 907.